The lowest BCUT2D eigenvalue weighted by molar-refractivity contribution is -0.110. The van der Waals surface area contributed by atoms with Crippen LogP contribution < -0.4 is 16.4 Å². The van der Waals surface area contributed by atoms with Crippen molar-refractivity contribution in [2.75, 3.05) is 29.5 Å². The van der Waals surface area contributed by atoms with Crippen LogP contribution in [0.5, 0.6) is 0 Å². The van der Waals surface area contributed by atoms with Gasteiger partial charge in [-0.25, -0.2) is 0 Å². The van der Waals surface area contributed by atoms with Crippen LogP contribution in [0, 0.1) is 0 Å². The number of allylic oxidation sites excluding steroid dienone is 1. The van der Waals surface area contributed by atoms with E-state index in [0.717, 1.165) is 60.1 Å². The van der Waals surface area contributed by atoms with Crippen LogP contribution in [0.2, 0.25) is 5.02 Å². The Morgan fingerprint density at radius 1 is 1.03 bits per heavy atom. The smallest absolute Gasteiger partial charge is 0.258 e. The van der Waals surface area contributed by atoms with E-state index in [4.69, 9.17) is 17.3 Å². The third kappa shape index (κ3) is 4.61. The maximum Gasteiger partial charge on any atom is 0.258 e. The van der Waals surface area contributed by atoms with Gasteiger partial charge in [0.1, 0.15) is 0 Å². The minimum absolute atomic E-state index is 0.110. The van der Waals surface area contributed by atoms with E-state index in [9.17, 15) is 4.79 Å². The van der Waals surface area contributed by atoms with Gasteiger partial charge in [0.25, 0.3) is 5.91 Å². The summed E-state index contributed by atoms with van der Waals surface area (Å²) in [4.78, 5) is 15.0. The van der Waals surface area contributed by atoms with Gasteiger partial charge in [0, 0.05) is 53.0 Å². The molecule has 0 spiro atoms. The molecule has 33 heavy (non-hydrogen) atoms. The highest BCUT2D eigenvalue weighted by atomic mass is 35.5. The van der Waals surface area contributed by atoms with Gasteiger partial charge in [-0.1, -0.05) is 29.8 Å². The van der Waals surface area contributed by atoms with Crippen molar-refractivity contribution < 1.29 is 4.79 Å². The normalized spacial score (nSPS) is 17.1. The van der Waals surface area contributed by atoms with E-state index in [1.54, 1.807) is 6.07 Å². The van der Waals surface area contributed by atoms with E-state index >= 15 is 0 Å². The second kappa shape index (κ2) is 8.93. The summed E-state index contributed by atoms with van der Waals surface area (Å²) < 4.78 is 0. The first-order valence-electron chi connectivity index (χ1n) is 11.2. The second-order valence-electron chi connectivity index (χ2n) is 8.77. The maximum atomic E-state index is 12.5. The number of carbonyl (C=O) groups excluding carboxylic acids is 1. The van der Waals surface area contributed by atoms with E-state index in [-0.39, 0.29) is 5.91 Å². The maximum absolute atomic E-state index is 12.5. The number of anilines is 3. The lowest BCUT2D eigenvalue weighted by Gasteiger charge is -2.20. The topological polar surface area (TPSA) is 70.4 Å². The summed E-state index contributed by atoms with van der Waals surface area (Å²) in [6, 6.07) is 20.2. The fraction of sp³-hybridized carbons (Fsp3) is 0.222. The molecule has 6 heteroatoms. The van der Waals surface area contributed by atoms with Gasteiger partial charge in [-0.2, -0.15) is 0 Å². The minimum Gasteiger partial charge on any atom is -0.399 e. The summed E-state index contributed by atoms with van der Waals surface area (Å²) in [6.45, 7) is 4.90. The molecule has 168 valence electrons. The monoisotopic (exact) mass is 458 g/mol. The van der Waals surface area contributed by atoms with Gasteiger partial charge in [0.15, 0.2) is 0 Å². The molecule has 0 saturated carbocycles. The third-order valence-electron chi connectivity index (χ3n) is 6.42. The Hall–Kier alpha value is -3.28. The zero-order chi connectivity index (χ0) is 22.9. The first-order chi connectivity index (χ1) is 16.0. The highest BCUT2D eigenvalue weighted by Gasteiger charge is 2.26. The Morgan fingerprint density at radius 3 is 2.58 bits per heavy atom. The molecule has 0 aromatic heterocycles. The predicted octanol–water partition coefficient (Wildman–Crippen LogP) is 5.32. The van der Waals surface area contributed by atoms with Gasteiger partial charge >= 0.3 is 0 Å². The van der Waals surface area contributed by atoms with Gasteiger partial charge < -0.3 is 16.4 Å². The summed E-state index contributed by atoms with van der Waals surface area (Å²) in [6.07, 6.45) is 2.07. The number of hydrogen-bond donors (Lipinski definition) is 3. The third-order valence-corrected chi connectivity index (χ3v) is 6.65. The summed E-state index contributed by atoms with van der Waals surface area (Å²) in [5, 5.41) is 7.11. The van der Waals surface area contributed by atoms with Crippen LogP contribution in [0.25, 0.3) is 5.57 Å². The van der Waals surface area contributed by atoms with Crippen molar-refractivity contribution in [3.8, 4) is 0 Å². The molecule has 0 radical (unpaired) electrons. The molecule has 2 heterocycles. The highest BCUT2D eigenvalue weighted by molar-refractivity contribution is 6.32. The van der Waals surface area contributed by atoms with Crippen molar-refractivity contribution in [3.05, 3.63) is 93.6 Å². The molecule has 2 aliphatic heterocycles. The second-order valence-corrected chi connectivity index (χ2v) is 9.21. The molecule has 0 atom stereocenters. The molecule has 1 amide bonds. The van der Waals surface area contributed by atoms with Gasteiger partial charge in [0.05, 0.1) is 5.57 Å². The van der Waals surface area contributed by atoms with E-state index in [2.05, 4.69) is 51.9 Å². The molecular weight excluding hydrogens is 432 g/mol. The standard InChI is InChI=1S/C27H27ClN4O/c1-17(26-24-15-22(29)6-9-25(24)31-27(26)33)30-23-7-2-18(3-8-23)16-32-12-10-19-4-5-21(28)14-20(19)11-13-32/h2-9,14-15,30H,10-13,16,29H2,1H3,(H,31,33)/b26-17-. The Bertz CT molecular complexity index is 1250. The fourth-order valence-electron chi connectivity index (χ4n) is 4.69. The van der Waals surface area contributed by atoms with Crippen LogP contribution in [-0.2, 0) is 24.2 Å². The summed E-state index contributed by atoms with van der Waals surface area (Å²) in [5.74, 6) is -0.110. The molecule has 5 rings (SSSR count). The molecule has 0 unspecified atom stereocenters. The van der Waals surface area contributed by atoms with Gasteiger partial charge in [-0.15, -0.1) is 0 Å². The largest absolute Gasteiger partial charge is 0.399 e. The lowest BCUT2D eigenvalue weighted by atomic mass is 10.0. The lowest BCUT2D eigenvalue weighted by Crippen LogP contribution is -2.25. The zero-order valence-corrected chi connectivity index (χ0v) is 19.4. The van der Waals surface area contributed by atoms with Crippen molar-refractivity contribution in [1.29, 1.82) is 0 Å². The highest BCUT2D eigenvalue weighted by Crippen LogP contribution is 2.35. The number of fused-ring (bicyclic) bond motifs is 2. The fourth-order valence-corrected chi connectivity index (χ4v) is 4.88. The minimum atomic E-state index is -0.110. The molecule has 0 saturated heterocycles. The van der Waals surface area contributed by atoms with Crippen molar-refractivity contribution in [2.24, 2.45) is 0 Å². The number of nitrogens with two attached hydrogens (primary N) is 1. The van der Waals surface area contributed by atoms with Crippen molar-refractivity contribution in [3.63, 3.8) is 0 Å². The number of halogens is 1. The number of benzene rings is 3. The van der Waals surface area contributed by atoms with Crippen LogP contribution in [0.1, 0.15) is 29.2 Å². The van der Waals surface area contributed by atoms with E-state index in [1.807, 2.05) is 25.1 Å². The molecular formula is C27H27ClN4O. The number of rotatable bonds is 4. The average Bonchev–Trinajstić information content (AvgIpc) is 2.99. The van der Waals surface area contributed by atoms with Crippen LogP contribution >= 0.6 is 11.6 Å². The molecule has 0 fully saturated rings. The number of hydrogen-bond acceptors (Lipinski definition) is 4. The first-order valence-corrected chi connectivity index (χ1v) is 11.6. The molecule has 4 N–H and O–H groups in total. The van der Waals surface area contributed by atoms with Crippen molar-refractivity contribution in [1.82, 2.24) is 4.90 Å². The Labute approximate surface area is 199 Å². The zero-order valence-electron chi connectivity index (χ0n) is 18.6. The van der Waals surface area contributed by atoms with Crippen molar-refractivity contribution >= 4 is 40.1 Å². The summed E-state index contributed by atoms with van der Waals surface area (Å²) in [7, 11) is 0. The average molecular weight is 459 g/mol. The van der Waals surface area contributed by atoms with Gasteiger partial charge in [-0.05, 0) is 78.9 Å². The van der Waals surface area contributed by atoms with Crippen LogP contribution in [0.3, 0.4) is 0 Å². The number of nitrogen functional groups attached to an aromatic ring is 1. The summed E-state index contributed by atoms with van der Waals surface area (Å²) >= 11 is 6.18. The first kappa shape index (κ1) is 21.6. The molecule has 0 aliphatic carbocycles. The Kier molecular flexibility index (Phi) is 5.83. The van der Waals surface area contributed by atoms with E-state index in [1.165, 1.54) is 16.7 Å². The molecule has 3 aromatic carbocycles. The molecule has 3 aromatic rings. The van der Waals surface area contributed by atoms with Crippen LogP contribution in [-0.4, -0.2) is 23.9 Å². The summed E-state index contributed by atoms with van der Waals surface area (Å²) in [5.41, 5.74) is 14.6. The Morgan fingerprint density at radius 2 is 1.79 bits per heavy atom. The number of nitrogens with one attached hydrogen (secondary N) is 2. The van der Waals surface area contributed by atoms with Crippen LogP contribution in [0.15, 0.2) is 66.4 Å². The number of amides is 1. The van der Waals surface area contributed by atoms with Gasteiger partial charge in [0.2, 0.25) is 0 Å². The molecule has 0 bridgehead atoms. The van der Waals surface area contributed by atoms with E-state index in [0.29, 0.717) is 11.3 Å². The quantitative estimate of drug-likeness (QED) is 0.365. The van der Waals surface area contributed by atoms with Crippen molar-refractivity contribution in [2.45, 2.75) is 26.3 Å². The molecule has 2 aliphatic rings. The van der Waals surface area contributed by atoms with E-state index < -0.39 is 0 Å². The molecule has 5 nitrogen and oxygen atoms in total. The number of carbonyl (C=O) groups is 1. The SMILES string of the molecule is C/C(Nc1ccc(CN2CCc3ccc(Cl)cc3CC2)cc1)=C1/C(=O)Nc2ccc(N)cc21. The van der Waals surface area contributed by atoms with Crippen LogP contribution in [0.4, 0.5) is 17.1 Å². The van der Waals surface area contributed by atoms with Gasteiger partial charge in [-0.3, -0.25) is 9.69 Å². The Balaban J connectivity index is 1.26. The predicted molar refractivity (Wildman–Crippen MR) is 136 cm³/mol. The number of nitrogens with zero attached hydrogens (tertiary/aromatic N) is 1.